The smallest absolute Gasteiger partial charge is 0.226 e. The molecule has 0 aliphatic carbocycles. The van der Waals surface area contributed by atoms with Crippen molar-refractivity contribution in [3.8, 4) is 0 Å². The molecule has 3 rings (SSSR count). The molecule has 16 nitrogen and oxygen atoms in total. The van der Waals surface area contributed by atoms with E-state index in [0.717, 1.165) is 0 Å². The van der Waals surface area contributed by atoms with Crippen LogP contribution in [0.1, 0.15) is 12.8 Å². The van der Waals surface area contributed by atoms with Crippen LogP contribution in [0, 0.1) is 0 Å². The van der Waals surface area contributed by atoms with Crippen LogP contribution < -0.4 is 19.6 Å². The fourth-order valence-corrected chi connectivity index (χ4v) is 8.46. The first-order valence-electron chi connectivity index (χ1n) is 11.5. The summed E-state index contributed by atoms with van der Waals surface area (Å²) in [6, 6.07) is 0. The van der Waals surface area contributed by atoms with Gasteiger partial charge < -0.3 is 39.2 Å². The zero-order chi connectivity index (χ0) is 29.1. The van der Waals surface area contributed by atoms with Crippen molar-refractivity contribution >= 4 is 78.9 Å². The summed E-state index contributed by atoms with van der Waals surface area (Å²) in [5, 5.41) is 43.7. The molecular weight excluding hydrogens is 652 g/mol. The topological polar surface area (TPSA) is 212 Å². The molecule has 0 amide bonds. The SMILES string of the molecule is OOP(O)CN1CCCN(CP(O)OO)c2cscc2N(CP(O)OO)CCCN(CP(O)OO)c2cscc21. The molecule has 0 saturated carbocycles. The average Bonchev–Trinajstić information content (AvgIpc) is 3.64. The van der Waals surface area contributed by atoms with Crippen LogP contribution in [-0.4, -0.2) is 91.9 Å². The van der Waals surface area contributed by atoms with Crippen molar-refractivity contribution in [2.75, 3.05) is 70.9 Å². The lowest BCUT2D eigenvalue weighted by Crippen LogP contribution is -2.35. The monoisotopic (exact) mass is 684 g/mol. The van der Waals surface area contributed by atoms with Gasteiger partial charge in [-0.1, -0.05) is 0 Å². The lowest BCUT2D eigenvalue weighted by molar-refractivity contribution is -0.136. The molecule has 4 unspecified atom stereocenters. The highest BCUT2D eigenvalue weighted by atomic mass is 32.1. The number of rotatable bonds is 12. The molecule has 0 saturated heterocycles. The van der Waals surface area contributed by atoms with E-state index in [1.54, 1.807) is 0 Å². The predicted octanol–water partition coefficient (Wildman–Crippen LogP) is 4.53. The molecule has 0 radical (unpaired) electrons. The van der Waals surface area contributed by atoms with Gasteiger partial charge in [0.25, 0.3) is 0 Å². The van der Waals surface area contributed by atoms with Crippen molar-refractivity contribution in [3.63, 3.8) is 0 Å². The second-order valence-electron chi connectivity index (χ2n) is 8.35. The van der Waals surface area contributed by atoms with Gasteiger partial charge in [-0.2, -0.15) is 18.7 Å². The maximum atomic E-state index is 10.1. The van der Waals surface area contributed by atoms with Gasteiger partial charge in [0.05, 0.1) is 47.9 Å². The Balaban J connectivity index is 2.01. The van der Waals surface area contributed by atoms with Crippen LogP contribution in [0.3, 0.4) is 0 Å². The summed E-state index contributed by atoms with van der Waals surface area (Å²) in [4.78, 5) is 47.9. The highest BCUT2D eigenvalue weighted by Gasteiger charge is 2.27. The Morgan fingerprint density at radius 2 is 0.725 bits per heavy atom. The molecular formula is C18H32N4O12P4S2. The van der Waals surface area contributed by atoms with Crippen LogP contribution in [0.4, 0.5) is 22.7 Å². The fraction of sp³-hybridized carbons (Fsp3) is 0.556. The van der Waals surface area contributed by atoms with Crippen LogP contribution in [0.2, 0.25) is 0 Å². The van der Waals surface area contributed by atoms with Gasteiger partial charge in [0, 0.05) is 47.7 Å². The normalized spacial score (nSPS) is 18.6. The maximum absolute atomic E-state index is 10.1. The highest BCUT2D eigenvalue weighted by Crippen LogP contribution is 2.44. The Labute approximate surface area is 243 Å². The summed E-state index contributed by atoms with van der Waals surface area (Å²) in [5.74, 6) is 0. The van der Waals surface area contributed by atoms with Gasteiger partial charge in [-0.3, -0.25) is 0 Å². The van der Waals surface area contributed by atoms with E-state index in [-0.39, 0.29) is 25.1 Å². The molecule has 0 spiro atoms. The van der Waals surface area contributed by atoms with Crippen molar-refractivity contribution < 1.29 is 59.3 Å². The predicted molar refractivity (Wildman–Crippen MR) is 158 cm³/mol. The first-order chi connectivity index (χ1) is 19.3. The Hall–Kier alpha value is -0.160. The van der Waals surface area contributed by atoms with Crippen LogP contribution in [0.5, 0.6) is 0 Å². The van der Waals surface area contributed by atoms with Gasteiger partial charge in [-0.25, -0.2) is 21.0 Å². The van der Waals surface area contributed by atoms with Crippen molar-refractivity contribution in [2.45, 2.75) is 12.8 Å². The van der Waals surface area contributed by atoms with E-state index in [4.69, 9.17) is 21.0 Å². The molecule has 22 heteroatoms. The van der Waals surface area contributed by atoms with Gasteiger partial charge in [0.2, 0.25) is 33.5 Å². The molecule has 228 valence electrons. The number of thiophene rings is 2. The number of nitrogens with zero attached hydrogens (tertiary/aromatic N) is 4. The summed E-state index contributed by atoms with van der Waals surface area (Å²) >= 11 is 2.78. The first-order valence-corrected chi connectivity index (χ1v) is 19.0. The van der Waals surface area contributed by atoms with Crippen molar-refractivity contribution in [3.05, 3.63) is 21.5 Å². The summed E-state index contributed by atoms with van der Waals surface area (Å²) in [7, 11) is -8.73. The first kappa shape index (κ1) is 34.3. The molecule has 40 heavy (non-hydrogen) atoms. The molecule has 1 aliphatic rings. The summed E-state index contributed by atoms with van der Waals surface area (Å²) < 4.78 is 16.7. The van der Waals surface area contributed by atoms with Gasteiger partial charge in [0.1, 0.15) is 0 Å². The molecule has 4 atom stereocenters. The lowest BCUT2D eigenvalue weighted by Gasteiger charge is -2.35. The summed E-state index contributed by atoms with van der Waals surface area (Å²) in [5.41, 5.74) is 2.82. The zero-order valence-corrected chi connectivity index (χ0v) is 26.2. The number of hydrogen-bond acceptors (Lipinski definition) is 18. The maximum Gasteiger partial charge on any atom is 0.226 e. The third-order valence-electron chi connectivity index (χ3n) is 5.86. The van der Waals surface area contributed by atoms with E-state index in [0.29, 0.717) is 61.8 Å². The Bertz CT molecular complexity index is 857. The van der Waals surface area contributed by atoms with E-state index in [1.807, 2.05) is 41.1 Å². The molecule has 1 aliphatic heterocycles. The molecule has 2 aromatic heterocycles. The molecule has 0 aromatic carbocycles. The van der Waals surface area contributed by atoms with Crippen LogP contribution in [0.25, 0.3) is 0 Å². The van der Waals surface area contributed by atoms with Crippen molar-refractivity contribution in [1.29, 1.82) is 0 Å². The quantitative estimate of drug-likeness (QED) is 0.0876. The number of fused-ring (bicyclic) bond motifs is 2. The zero-order valence-electron chi connectivity index (χ0n) is 21.0. The third kappa shape index (κ3) is 9.95. The van der Waals surface area contributed by atoms with E-state index in [9.17, 15) is 19.6 Å². The second kappa shape index (κ2) is 17.8. The van der Waals surface area contributed by atoms with Gasteiger partial charge in [-0.05, 0) is 12.8 Å². The minimum atomic E-state index is -2.18. The fourth-order valence-electron chi connectivity index (χ4n) is 4.18. The highest BCUT2D eigenvalue weighted by molar-refractivity contribution is 7.46. The van der Waals surface area contributed by atoms with Crippen molar-refractivity contribution in [2.24, 2.45) is 0 Å². The van der Waals surface area contributed by atoms with E-state index < -0.39 is 33.5 Å². The third-order valence-corrected chi connectivity index (χ3v) is 10.4. The Morgan fingerprint density at radius 1 is 0.500 bits per heavy atom. The largest absolute Gasteiger partial charge is 0.360 e. The minimum Gasteiger partial charge on any atom is -0.360 e. The summed E-state index contributed by atoms with van der Waals surface area (Å²) in [6.07, 6.45) is 0.926. The molecule has 0 fully saturated rings. The molecule has 8 N–H and O–H groups in total. The number of hydrogen-bond donors (Lipinski definition) is 8. The minimum absolute atomic E-state index is 0.0149. The van der Waals surface area contributed by atoms with Crippen LogP contribution in [0.15, 0.2) is 21.5 Å². The van der Waals surface area contributed by atoms with Crippen molar-refractivity contribution in [1.82, 2.24) is 0 Å². The lowest BCUT2D eigenvalue weighted by atomic mass is 10.2. The molecule has 3 heterocycles. The van der Waals surface area contributed by atoms with Crippen LogP contribution in [-0.2, 0) is 18.7 Å². The Morgan fingerprint density at radius 3 is 0.925 bits per heavy atom. The number of anilines is 4. The molecule has 2 aromatic rings. The second-order valence-corrected chi connectivity index (χ2v) is 14.4. The van der Waals surface area contributed by atoms with E-state index in [2.05, 4.69) is 18.7 Å². The van der Waals surface area contributed by atoms with E-state index >= 15 is 0 Å². The van der Waals surface area contributed by atoms with Gasteiger partial charge in [0.15, 0.2) is 0 Å². The van der Waals surface area contributed by atoms with Gasteiger partial charge >= 0.3 is 0 Å². The standard InChI is InChI=1S/C18H32N4O12P4S2/c23-31-35(27)11-19-3-1-4-20(12-36(28)32-24)16-8-40-10-18(16)22(14-38(30)34-26)6-2-5-21(13-37(29)33-25)17-9-39-7-15(17)19/h7-10,23-30H,1-6,11-14H2. The summed E-state index contributed by atoms with van der Waals surface area (Å²) in [6.45, 7) is 1.53. The average molecular weight is 685 g/mol. The van der Waals surface area contributed by atoms with E-state index in [1.165, 1.54) is 22.7 Å². The molecule has 0 bridgehead atoms. The Kier molecular flexibility index (Phi) is 15.3. The van der Waals surface area contributed by atoms with Gasteiger partial charge in [-0.15, -0.1) is 22.7 Å². The van der Waals surface area contributed by atoms with Crippen LogP contribution >= 0.6 is 56.2 Å².